The van der Waals surface area contributed by atoms with Gasteiger partial charge in [-0.2, -0.15) is 0 Å². The maximum atomic E-state index is 11.6. The van der Waals surface area contributed by atoms with Crippen molar-refractivity contribution in [2.45, 2.75) is 34.6 Å². The Hall–Kier alpha value is -2.03. The summed E-state index contributed by atoms with van der Waals surface area (Å²) in [6.07, 6.45) is 1.48. The largest absolute Gasteiger partial charge is 0.459 e. The molecule has 2 rings (SSSR count). The Kier molecular flexibility index (Phi) is 8.88. The van der Waals surface area contributed by atoms with Crippen LogP contribution in [-0.4, -0.2) is 5.91 Å². The Morgan fingerprint density at radius 3 is 2.05 bits per heavy atom. The summed E-state index contributed by atoms with van der Waals surface area (Å²) in [5.41, 5.74) is 1.92. The van der Waals surface area contributed by atoms with E-state index in [-0.39, 0.29) is 5.91 Å². The van der Waals surface area contributed by atoms with Crippen LogP contribution in [-0.2, 0) is 0 Å². The highest BCUT2D eigenvalue weighted by molar-refractivity contribution is 6.02. The molecule has 0 saturated heterocycles. The summed E-state index contributed by atoms with van der Waals surface area (Å²) in [4.78, 5) is 11.6. The highest BCUT2D eigenvalue weighted by atomic mass is 16.3. The van der Waals surface area contributed by atoms with Gasteiger partial charge in [-0.3, -0.25) is 4.79 Å². The zero-order chi connectivity index (χ0) is 14.7. The van der Waals surface area contributed by atoms with Crippen molar-refractivity contribution in [1.82, 2.24) is 0 Å². The number of carbonyl (C=O) groups is 1. The van der Waals surface area contributed by atoms with Crippen LogP contribution in [0, 0.1) is 6.92 Å². The molecule has 0 radical (unpaired) electrons. The van der Waals surface area contributed by atoms with Gasteiger partial charge in [0.15, 0.2) is 5.76 Å². The Bertz CT molecular complexity index is 444. The van der Waals surface area contributed by atoms with Gasteiger partial charge in [0.05, 0.1) is 6.26 Å². The lowest BCUT2D eigenvalue weighted by Gasteiger charge is -2.02. The normalized spacial score (nSPS) is 8.47. The summed E-state index contributed by atoms with van der Waals surface area (Å²) in [6, 6.07) is 10.9. The number of aryl methyl sites for hydroxylation is 1. The van der Waals surface area contributed by atoms with Gasteiger partial charge in [-0.15, -0.1) is 0 Å². The van der Waals surface area contributed by atoms with Gasteiger partial charge < -0.3 is 9.73 Å². The maximum absolute atomic E-state index is 11.6. The molecular weight excluding hydrogens is 238 g/mol. The average Bonchev–Trinajstić information content (AvgIpc) is 3.00. The van der Waals surface area contributed by atoms with Crippen molar-refractivity contribution in [2.24, 2.45) is 0 Å². The minimum atomic E-state index is -0.233. The van der Waals surface area contributed by atoms with Crippen molar-refractivity contribution >= 4 is 11.6 Å². The third kappa shape index (κ3) is 5.91. The van der Waals surface area contributed by atoms with Crippen LogP contribution in [0.25, 0.3) is 0 Å². The van der Waals surface area contributed by atoms with E-state index in [9.17, 15) is 4.79 Å². The molecule has 19 heavy (non-hydrogen) atoms. The van der Waals surface area contributed by atoms with Crippen molar-refractivity contribution < 1.29 is 9.21 Å². The van der Waals surface area contributed by atoms with Gasteiger partial charge in [0, 0.05) is 5.69 Å². The fourth-order valence-electron chi connectivity index (χ4n) is 1.24. The quantitative estimate of drug-likeness (QED) is 0.836. The summed E-state index contributed by atoms with van der Waals surface area (Å²) in [7, 11) is 0. The molecule has 3 nitrogen and oxygen atoms in total. The van der Waals surface area contributed by atoms with Crippen molar-refractivity contribution in [3.05, 3.63) is 54.0 Å². The SMILES string of the molecule is CC.CC.Cc1ccc(NC(=O)c2ccco2)cc1. The van der Waals surface area contributed by atoms with Crippen LogP contribution in [0.2, 0.25) is 0 Å². The molecule has 1 N–H and O–H groups in total. The molecule has 0 aliphatic carbocycles. The predicted molar refractivity (Wildman–Crippen MR) is 80.5 cm³/mol. The number of hydrogen-bond acceptors (Lipinski definition) is 2. The number of amides is 1. The number of benzene rings is 1. The first kappa shape index (κ1) is 17.0. The first-order valence-electron chi connectivity index (χ1n) is 6.67. The molecule has 1 heterocycles. The number of rotatable bonds is 2. The first-order valence-corrected chi connectivity index (χ1v) is 6.67. The second kappa shape index (κ2) is 9.95. The monoisotopic (exact) mass is 261 g/mol. The summed E-state index contributed by atoms with van der Waals surface area (Å²) in [6.45, 7) is 10.00. The van der Waals surface area contributed by atoms with Gasteiger partial charge >= 0.3 is 0 Å². The van der Waals surface area contributed by atoms with Crippen molar-refractivity contribution in [3.8, 4) is 0 Å². The van der Waals surface area contributed by atoms with E-state index in [1.54, 1.807) is 12.1 Å². The molecule has 0 atom stereocenters. The van der Waals surface area contributed by atoms with Gasteiger partial charge in [0.2, 0.25) is 0 Å². The lowest BCUT2D eigenvalue weighted by Crippen LogP contribution is -2.10. The van der Waals surface area contributed by atoms with E-state index in [0.717, 1.165) is 11.3 Å². The molecule has 0 saturated carbocycles. The number of furan rings is 1. The van der Waals surface area contributed by atoms with Crippen LogP contribution in [0.3, 0.4) is 0 Å². The topological polar surface area (TPSA) is 42.2 Å². The van der Waals surface area contributed by atoms with Crippen LogP contribution in [0.15, 0.2) is 47.1 Å². The second-order valence-electron chi connectivity index (χ2n) is 3.30. The smallest absolute Gasteiger partial charge is 0.291 e. The van der Waals surface area contributed by atoms with Crippen molar-refractivity contribution in [3.63, 3.8) is 0 Å². The molecule has 1 aromatic heterocycles. The minimum Gasteiger partial charge on any atom is -0.459 e. The number of anilines is 1. The van der Waals surface area contributed by atoms with E-state index in [2.05, 4.69) is 5.32 Å². The maximum Gasteiger partial charge on any atom is 0.291 e. The first-order chi connectivity index (χ1) is 9.25. The molecular formula is C16H23NO2. The third-order valence-electron chi connectivity index (χ3n) is 2.05. The van der Waals surface area contributed by atoms with Crippen LogP contribution < -0.4 is 5.32 Å². The van der Waals surface area contributed by atoms with E-state index in [1.807, 2.05) is 58.9 Å². The molecule has 1 aromatic carbocycles. The third-order valence-corrected chi connectivity index (χ3v) is 2.05. The molecule has 0 unspecified atom stereocenters. The summed E-state index contributed by atoms with van der Waals surface area (Å²) < 4.78 is 4.98. The molecule has 0 aliphatic rings. The molecule has 0 spiro atoms. The average molecular weight is 261 g/mol. The van der Waals surface area contributed by atoms with Crippen LogP contribution in [0.1, 0.15) is 43.8 Å². The zero-order valence-electron chi connectivity index (χ0n) is 12.4. The minimum absolute atomic E-state index is 0.233. The molecule has 0 bridgehead atoms. The zero-order valence-corrected chi connectivity index (χ0v) is 12.4. The predicted octanol–water partition coefficient (Wildman–Crippen LogP) is 4.89. The van der Waals surface area contributed by atoms with E-state index < -0.39 is 0 Å². The van der Waals surface area contributed by atoms with E-state index in [0.29, 0.717) is 5.76 Å². The Morgan fingerprint density at radius 1 is 1.00 bits per heavy atom. The second-order valence-corrected chi connectivity index (χ2v) is 3.30. The fourth-order valence-corrected chi connectivity index (χ4v) is 1.24. The van der Waals surface area contributed by atoms with Gasteiger partial charge in [0.1, 0.15) is 0 Å². The highest BCUT2D eigenvalue weighted by Crippen LogP contribution is 2.10. The number of carbonyl (C=O) groups excluding carboxylic acids is 1. The molecule has 3 heteroatoms. The fraction of sp³-hybridized carbons (Fsp3) is 0.312. The van der Waals surface area contributed by atoms with E-state index in [4.69, 9.17) is 4.42 Å². The van der Waals surface area contributed by atoms with Crippen LogP contribution >= 0.6 is 0 Å². The van der Waals surface area contributed by atoms with E-state index >= 15 is 0 Å². The Labute approximate surface area is 115 Å². The van der Waals surface area contributed by atoms with Crippen molar-refractivity contribution in [2.75, 3.05) is 5.32 Å². The van der Waals surface area contributed by atoms with Gasteiger partial charge in [-0.05, 0) is 31.2 Å². The van der Waals surface area contributed by atoms with E-state index in [1.165, 1.54) is 6.26 Å². The lowest BCUT2D eigenvalue weighted by molar-refractivity contribution is 0.0996. The van der Waals surface area contributed by atoms with Gasteiger partial charge in [-0.1, -0.05) is 45.4 Å². The highest BCUT2D eigenvalue weighted by Gasteiger charge is 2.07. The molecule has 1 amide bonds. The molecule has 104 valence electrons. The summed E-state index contributed by atoms with van der Waals surface area (Å²) >= 11 is 0. The van der Waals surface area contributed by atoms with Gasteiger partial charge in [0.25, 0.3) is 5.91 Å². The van der Waals surface area contributed by atoms with Crippen LogP contribution in [0.4, 0.5) is 5.69 Å². The van der Waals surface area contributed by atoms with Crippen LogP contribution in [0.5, 0.6) is 0 Å². The Morgan fingerprint density at radius 2 is 1.58 bits per heavy atom. The summed E-state index contributed by atoms with van der Waals surface area (Å²) in [5.74, 6) is 0.0828. The number of hydrogen-bond donors (Lipinski definition) is 1. The van der Waals surface area contributed by atoms with Crippen molar-refractivity contribution in [1.29, 1.82) is 0 Å². The number of nitrogens with one attached hydrogen (secondary N) is 1. The lowest BCUT2D eigenvalue weighted by atomic mass is 10.2. The standard InChI is InChI=1S/C12H11NO2.2C2H6/c1-9-4-6-10(7-5-9)13-12(14)11-3-2-8-15-11;2*1-2/h2-8H,1H3,(H,13,14);2*1-2H3. The summed E-state index contributed by atoms with van der Waals surface area (Å²) in [5, 5.41) is 2.74. The van der Waals surface area contributed by atoms with Gasteiger partial charge in [-0.25, -0.2) is 0 Å². The molecule has 0 fully saturated rings. The Balaban J connectivity index is 0.000000741. The molecule has 2 aromatic rings. The molecule has 0 aliphatic heterocycles.